The fourth-order valence-electron chi connectivity index (χ4n) is 2.13. The smallest absolute Gasteiger partial charge is 0.272 e. The predicted molar refractivity (Wildman–Crippen MR) is 103 cm³/mol. The maximum atomic E-state index is 12.1. The van der Waals surface area contributed by atoms with Gasteiger partial charge in [0.15, 0.2) is 11.5 Å². The molecule has 0 saturated heterocycles. The van der Waals surface area contributed by atoms with Crippen LogP contribution in [0.1, 0.15) is 28.4 Å². The Labute approximate surface area is 160 Å². The molecule has 132 valence electrons. The first-order valence-electron chi connectivity index (χ1n) is 7.56. The molecule has 1 amide bonds. The molecule has 0 aromatic heterocycles. The lowest BCUT2D eigenvalue weighted by atomic mass is 10.1. The Morgan fingerprint density at radius 1 is 1.36 bits per heavy atom. The zero-order valence-electron chi connectivity index (χ0n) is 14.1. The first kappa shape index (κ1) is 19.3. The number of rotatable bonds is 6. The first-order valence-corrected chi connectivity index (χ1v) is 8.73. The van der Waals surface area contributed by atoms with E-state index in [1.807, 2.05) is 26.0 Å². The molecular formula is C18H18BrClN2O3. The van der Waals surface area contributed by atoms with E-state index in [0.717, 1.165) is 15.6 Å². The number of halogens is 2. The van der Waals surface area contributed by atoms with Crippen molar-refractivity contribution in [1.29, 1.82) is 0 Å². The summed E-state index contributed by atoms with van der Waals surface area (Å²) in [5.74, 6) is 0.821. The highest BCUT2D eigenvalue weighted by Gasteiger charge is 2.11. The molecule has 0 heterocycles. The molecule has 25 heavy (non-hydrogen) atoms. The molecule has 5 nitrogen and oxygen atoms in total. The summed E-state index contributed by atoms with van der Waals surface area (Å²) in [6, 6.07) is 8.80. The van der Waals surface area contributed by atoms with Gasteiger partial charge in [0.05, 0.1) is 35.0 Å². The summed E-state index contributed by atoms with van der Waals surface area (Å²) >= 11 is 9.52. The average molecular weight is 426 g/mol. The number of ether oxygens (including phenoxy) is 2. The van der Waals surface area contributed by atoms with E-state index < -0.39 is 0 Å². The van der Waals surface area contributed by atoms with E-state index in [0.29, 0.717) is 28.7 Å². The van der Waals surface area contributed by atoms with Crippen LogP contribution in [-0.4, -0.2) is 25.8 Å². The lowest BCUT2D eigenvalue weighted by Gasteiger charge is -2.12. The van der Waals surface area contributed by atoms with Crippen LogP contribution >= 0.6 is 27.5 Å². The standard InChI is InChI=1S/C18H18BrClN2O3/c1-4-25-17-14(19)8-12(9-16(17)24-3)10-21-22-18(23)13-6-5-11(2)7-15(13)20/h5-10H,4H2,1-3H3,(H,22,23)/b21-10-. The van der Waals surface area contributed by atoms with Crippen LogP contribution in [0.2, 0.25) is 5.02 Å². The molecule has 7 heteroatoms. The molecule has 0 spiro atoms. The molecule has 0 aliphatic rings. The second kappa shape index (κ2) is 8.87. The number of methoxy groups -OCH3 is 1. The van der Waals surface area contributed by atoms with Crippen LogP contribution in [0.5, 0.6) is 11.5 Å². The Hall–Kier alpha value is -2.05. The SMILES string of the molecule is CCOc1c(Br)cc(/C=N\NC(=O)c2ccc(C)cc2Cl)cc1OC. The molecule has 0 aliphatic carbocycles. The van der Waals surface area contributed by atoms with Gasteiger partial charge in [-0.1, -0.05) is 17.7 Å². The van der Waals surface area contributed by atoms with Crippen molar-refractivity contribution in [3.63, 3.8) is 0 Å². The minimum atomic E-state index is -0.377. The third kappa shape index (κ3) is 4.96. The van der Waals surface area contributed by atoms with Crippen molar-refractivity contribution in [3.05, 3.63) is 56.5 Å². The highest BCUT2D eigenvalue weighted by atomic mass is 79.9. The molecule has 0 atom stereocenters. The summed E-state index contributed by atoms with van der Waals surface area (Å²) in [5.41, 5.74) is 4.55. The van der Waals surface area contributed by atoms with Gasteiger partial charge in [0.25, 0.3) is 5.91 Å². The summed E-state index contributed by atoms with van der Waals surface area (Å²) in [6.45, 7) is 4.33. The number of nitrogens with one attached hydrogen (secondary N) is 1. The minimum absolute atomic E-state index is 0.370. The lowest BCUT2D eigenvalue weighted by molar-refractivity contribution is 0.0955. The van der Waals surface area contributed by atoms with Gasteiger partial charge in [-0.2, -0.15) is 5.10 Å². The summed E-state index contributed by atoms with van der Waals surface area (Å²) in [5, 5.41) is 4.36. The van der Waals surface area contributed by atoms with Gasteiger partial charge in [-0.25, -0.2) is 5.43 Å². The van der Waals surface area contributed by atoms with E-state index in [4.69, 9.17) is 21.1 Å². The minimum Gasteiger partial charge on any atom is -0.493 e. The van der Waals surface area contributed by atoms with Crippen LogP contribution in [0.25, 0.3) is 0 Å². The van der Waals surface area contributed by atoms with Gasteiger partial charge in [-0.3, -0.25) is 4.79 Å². The number of aryl methyl sites for hydroxylation is 1. The zero-order valence-corrected chi connectivity index (χ0v) is 16.4. The third-order valence-electron chi connectivity index (χ3n) is 3.29. The van der Waals surface area contributed by atoms with Crippen molar-refractivity contribution in [2.24, 2.45) is 5.10 Å². The number of amides is 1. The second-order valence-electron chi connectivity index (χ2n) is 5.15. The van der Waals surface area contributed by atoms with E-state index in [2.05, 4.69) is 26.5 Å². The molecule has 0 unspecified atom stereocenters. The molecular weight excluding hydrogens is 408 g/mol. The topological polar surface area (TPSA) is 59.9 Å². The van der Waals surface area contributed by atoms with Crippen molar-refractivity contribution in [2.75, 3.05) is 13.7 Å². The highest BCUT2D eigenvalue weighted by molar-refractivity contribution is 9.10. The van der Waals surface area contributed by atoms with Crippen molar-refractivity contribution in [3.8, 4) is 11.5 Å². The Kier molecular flexibility index (Phi) is 6.84. The van der Waals surface area contributed by atoms with Crippen LogP contribution in [0.3, 0.4) is 0 Å². The van der Waals surface area contributed by atoms with Gasteiger partial charge in [-0.05, 0) is 65.2 Å². The van der Waals surface area contributed by atoms with Crippen LogP contribution in [0, 0.1) is 6.92 Å². The molecule has 0 radical (unpaired) electrons. The van der Waals surface area contributed by atoms with Crippen molar-refractivity contribution >= 4 is 39.7 Å². The zero-order chi connectivity index (χ0) is 18.4. The number of hydrogen-bond donors (Lipinski definition) is 1. The third-order valence-corrected chi connectivity index (χ3v) is 4.19. The Morgan fingerprint density at radius 2 is 2.12 bits per heavy atom. The summed E-state index contributed by atoms with van der Waals surface area (Å²) in [6.07, 6.45) is 1.52. The molecule has 2 rings (SSSR count). The number of nitrogens with zero attached hydrogens (tertiary/aromatic N) is 1. The number of hydrogen-bond acceptors (Lipinski definition) is 4. The molecule has 0 saturated carbocycles. The van der Waals surface area contributed by atoms with Gasteiger partial charge in [0.2, 0.25) is 0 Å². The van der Waals surface area contributed by atoms with E-state index in [1.54, 1.807) is 25.3 Å². The number of benzene rings is 2. The normalized spacial score (nSPS) is 10.8. The van der Waals surface area contributed by atoms with E-state index in [1.165, 1.54) is 6.21 Å². The maximum Gasteiger partial charge on any atom is 0.272 e. The molecule has 2 aromatic carbocycles. The number of carbonyl (C=O) groups is 1. The van der Waals surface area contributed by atoms with Gasteiger partial charge >= 0.3 is 0 Å². The monoisotopic (exact) mass is 424 g/mol. The Morgan fingerprint density at radius 3 is 2.76 bits per heavy atom. The Bertz CT molecular complexity index is 809. The summed E-state index contributed by atoms with van der Waals surface area (Å²) in [7, 11) is 1.56. The fraction of sp³-hybridized carbons (Fsp3) is 0.222. The molecule has 0 fully saturated rings. The van der Waals surface area contributed by atoms with E-state index in [9.17, 15) is 4.79 Å². The first-order chi connectivity index (χ1) is 12.0. The highest BCUT2D eigenvalue weighted by Crippen LogP contribution is 2.36. The van der Waals surface area contributed by atoms with E-state index >= 15 is 0 Å². The number of hydrazone groups is 1. The van der Waals surface area contributed by atoms with Gasteiger partial charge in [0.1, 0.15) is 0 Å². The molecule has 2 aromatic rings. The second-order valence-corrected chi connectivity index (χ2v) is 6.41. The van der Waals surface area contributed by atoms with Gasteiger partial charge in [-0.15, -0.1) is 0 Å². The number of carbonyl (C=O) groups excluding carboxylic acids is 1. The lowest BCUT2D eigenvalue weighted by Crippen LogP contribution is -2.18. The van der Waals surface area contributed by atoms with Crippen LogP contribution in [0.4, 0.5) is 0 Å². The van der Waals surface area contributed by atoms with Crippen molar-refractivity contribution in [1.82, 2.24) is 5.43 Å². The van der Waals surface area contributed by atoms with Crippen LogP contribution < -0.4 is 14.9 Å². The van der Waals surface area contributed by atoms with Crippen LogP contribution in [0.15, 0.2) is 39.9 Å². The van der Waals surface area contributed by atoms with Crippen molar-refractivity contribution in [2.45, 2.75) is 13.8 Å². The summed E-state index contributed by atoms with van der Waals surface area (Å²) in [4.78, 5) is 12.1. The van der Waals surface area contributed by atoms with Gasteiger partial charge < -0.3 is 9.47 Å². The summed E-state index contributed by atoms with van der Waals surface area (Å²) < 4.78 is 11.6. The largest absolute Gasteiger partial charge is 0.493 e. The molecule has 0 aliphatic heterocycles. The maximum absolute atomic E-state index is 12.1. The molecule has 0 bridgehead atoms. The average Bonchev–Trinajstić information content (AvgIpc) is 2.56. The predicted octanol–water partition coefficient (Wildman–Crippen LogP) is 4.58. The fourth-order valence-corrected chi connectivity index (χ4v) is 3.02. The Balaban J connectivity index is 2.14. The van der Waals surface area contributed by atoms with Crippen LogP contribution in [-0.2, 0) is 0 Å². The molecule has 1 N–H and O–H groups in total. The van der Waals surface area contributed by atoms with Gasteiger partial charge in [0, 0.05) is 0 Å². The van der Waals surface area contributed by atoms with Crippen molar-refractivity contribution < 1.29 is 14.3 Å². The van der Waals surface area contributed by atoms with E-state index in [-0.39, 0.29) is 5.91 Å². The quantitative estimate of drug-likeness (QED) is 0.544.